The molecule has 3 heteroatoms. The van der Waals surface area contributed by atoms with Gasteiger partial charge in [0, 0.05) is 16.9 Å². The maximum atomic E-state index is 12.2. The Labute approximate surface area is 117 Å². The summed E-state index contributed by atoms with van der Waals surface area (Å²) in [5, 5.41) is 3.08. The Bertz CT molecular complexity index is 424. The van der Waals surface area contributed by atoms with Gasteiger partial charge in [0.1, 0.15) is 0 Å². The lowest BCUT2D eigenvalue weighted by atomic mass is 10.0. The number of rotatable bonds is 3. The summed E-state index contributed by atoms with van der Waals surface area (Å²) >= 11 is 3.64. The molecule has 1 aliphatic carbocycles. The Balaban J connectivity index is 1.96. The molecular formula is C15H20BrNO. The van der Waals surface area contributed by atoms with Crippen molar-refractivity contribution in [3.8, 4) is 0 Å². The summed E-state index contributed by atoms with van der Waals surface area (Å²) in [7, 11) is 0. The van der Waals surface area contributed by atoms with E-state index in [-0.39, 0.29) is 5.91 Å². The molecule has 2 rings (SSSR count). The van der Waals surface area contributed by atoms with Crippen LogP contribution in [-0.4, -0.2) is 17.3 Å². The monoisotopic (exact) mass is 309 g/mol. The lowest BCUT2D eigenvalue weighted by Crippen LogP contribution is -2.29. The second kappa shape index (κ2) is 5.87. The van der Waals surface area contributed by atoms with E-state index in [1.54, 1.807) is 0 Å². The number of alkyl halides is 1. The highest BCUT2D eigenvalue weighted by molar-refractivity contribution is 9.09. The number of hydrogen-bond acceptors (Lipinski definition) is 1. The van der Waals surface area contributed by atoms with Gasteiger partial charge in [-0.05, 0) is 50.2 Å². The summed E-state index contributed by atoms with van der Waals surface area (Å²) in [6, 6.07) is 5.98. The molecule has 2 nitrogen and oxygen atoms in total. The van der Waals surface area contributed by atoms with Crippen molar-refractivity contribution in [2.45, 2.75) is 37.9 Å². The van der Waals surface area contributed by atoms with Gasteiger partial charge in [0.15, 0.2) is 0 Å². The van der Waals surface area contributed by atoms with Gasteiger partial charge in [0.25, 0.3) is 5.91 Å². The van der Waals surface area contributed by atoms with E-state index in [9.17, 15) is 4.79 Å². The first-order valence-electron chi connectivity index (χ1n) is 6.56. The lowest BCUT2D eigenvalue weighted by Gasteiger charge is -2.13. The first-order valence-corrected chi connectivity index (χ1v) is 7.48. The van der Waals surface area contributed by atoms with Crippen LogP contribution in [0.15, 0.2) is 18.2 Å². The lowest BCUT2D eigenvalue weighted by molar-refractivity contribution is 0.0946. The Morgan fingerprint density at radius 3 is 2.56 bits per heavy atom. The molecule has 1 saturated carbocycles. The van der Waals surface area contributed by atoms with Gasteiger partial charge in [-0.2, -0.15) is 0 Å². The van der Waals surface area contributed by atoms with Crippen molar-refractivity contribution in [1.82, 2.24) is 5.32 Å². The zero-order valence-electron chi connectivity index (χ0n) is 11.0. The van der Waals surface area contributed by atoms with Crippen molar-refractivity contribution >= 4 is 21.8 Å². The van der Waals surface area contributed by atoms with Crippen LogP contribution in [0.3, 0.4) is 0 Å². The number of nitrogens with one attached hydrogen (secondary N) is 1. The van der Waals surface area contributed by atoms with Gasteiger partial charge in [-0.3, -0.25) is 4.79 Å². The fraction of sp³-hybridized carbons (Fsp3) is 0.533. The third-order valence-electron chi connectivity index (χ3n) is 3.74. The van der Waals surface area contributed by atoms with Crippen LogP contribution in [0.2, 0.25) is 0 Å². The molecule has 98 valence electrons. The predicted octanol–water partition coefficient (Wildman–Crippen LogP) is 3.60. The number of benzene rings is 1. The van der Waals surface area contributed by atoms with E-state index in [0.29, 0.717) is 10.7 Å². The summed E-state index contributed by atoms with van der Waals surface area (Å²) in [4.78, 5) is 12.8. The smallest absolute Gasteiger partial charge is 0.251 e. The van der Waals surface area contributed by atoms with Crippen molar-refractivity contribution < 1.29 is 4.79 Å². The zero-order valence-corrected chi connectivity index (χ0v) is 12.6. The summed E-state index contributed by atoms with van der Waals surface area (Å²) in [6.07, 6.45) is 3.61. The molecule has 0 heterocycles. The first-order chi connectivity index (χ1) is 8.58. The van der Waals surface area contributed by atoms with Gasteiger partial charge < -0.3 is 5.32 Å². The topological polar surface area (TPSA) is 29.1 Å². The summed E-state index contributed by atoms with van der Waals surface area (Å²) in [6.45, 7) is 4.78. The fourth-order valence-corrected chi connectivity index (χ4v) is 3.49. The number of carbonyl (C=O) groups excluding carboxylic acids is 1. The van der Waals surface area contributed by atoms with Crippen molar-refractivity contribution in [2.24, 2.45) is 5.92 Å². The molecule has 1 N–H and O–H groups in total. The van der Waals surface area contributed by atoms with Crippen LogP contribution in [0.25, 0.3) is 0 Å². The molecule has 0 radical (unpaired) electrons. The quantitative estimate of drug-likeness (QED) is 0.849. The normalized spacial score (nSPS) is 23.1. The molecule has 1 amide bonds. The molecule has 0 bridgehead atoms. The molecule has 0 aliphatic heterocycles. The molecule has 0 spiro atoms. The van der Waals surface area contributed by atoms with Gasteiger partial charge in [-0.1, -0.05) is 34.1 Å². The largest absolute Gasteiger partial charge is 0.352 e. The van der Waals surface area contributed by atoms with E-state index in [1.807, 2.05) is 32.0 Å². The summed E-state index contributed by atoms with van der Waals surface area (Å²) in [5.74, 6) is 0.700. The third-order valence-corrected chi connectivity index (χ3v) is 4.57. The van der Waals surface area contributed by atoms with Gasteiger partial charge in [-0.25, -0.2) is 0 Å². The van der Waals surface area contributed by atoms with Crippen molar-refractivity contribution in [3.05, 3.63) is 34.9 Å². The molecule has 1 aliphatic rings. The molecule has 18 heavy (non-hydrogen) atoms. The van der Waals surface area contributed by atoms with Gasteiger partial charge >= 0.3 is 0 Å². The minimum atomic E-state index is 0.0728. The highest BCUT2D eigenvalue weighted by Gasteiger charge is 2.23. The van der Waals surface area contributed by atoms with Crippen LogP contribution in [-0.2, 0) is 0 Å². The van der Waals surface area contributed by atoms with Gasteiger partial charge in [0.2, 0.25) is 0 Å². The average Bonchev–Trinajstić information content (AvgIpc) is 2.72. The zero-order chi connectivity index (χ0) is 13.1. The Hall–Kier alpha value is -0.830. The SMILES string of the molecule is Cc1cccc(C)c1C(=O)NCC1CCC(Br)C1. The van der Waals surface area contributed by atoms with E-state index in [1.165, 1.54) is 19.3 Å². The molecule has 0 saturated heterocycles. The maximum absolute atomic E-state index is 12.2. The molecule has 0 aromatic heterocycles. The number of amides is 1. The highest BCUT2D eigenvalue weighted by atomic mass is 79.9. The maximum Gasteiger partial charge on any atom is 0.251 e. The van der Waals surface area contributed by atoms with Crippen LogP contribution < -0.4 is 5.32 Å². The molecular weight excluding hydrogens is 290 g/mol. The number of carbonyl (C=O) groups is 1. The average molecular weight is 310 g/mol. The van der Waals surface area contributed by atoms with Crippen LogP contribution in [0.1, 0.15) is 40.7 Å². The highest BCUT2D eigenvalue weighted by Crippen LogP contribution is 2.30. The van der Waals surface area contributed by atoms with Gasteiger partial charge in [0.05, 0.1) is 0 Å². The van der Waals surface area contributed by atoms with Crippen molar-refractivity contribution in [3.63, 3.8) is 0 Å². The number of hydrogen-bond donors (Lipinski definition) is 1. The first kappa shape index (κ1) is 13.6. The molecule has 1 fully saturated rings. The van der Waals surface area contributed by atoms with E-state index >= 15 is 0 Å². The summed E-state index contributed by atoms with van der Waals surface area (Å²) < 4.78 is 0. The van der Waals surface area contributed by atoms with Crippen molar-refractivity contribution in [1.29, 1.82) is 0 Å². The predicted molar refractivity (Wildman–Crippen MR) is 78.3 cm³/mol. The van der Waals surface area contributed by atoms with Crippen LogP contribution in [0, 0.1) is 19.8 Å². The van der Waals surface area contributed by atoms with Crippen LogP contribution in [0.4, 0.5) is 0 Å². The molecule has 1 aromatic carbocycles. The molecule has 2 unspecified atom stereocenters. The second-order valence-corrected chi connectivity index (χ2v) is 6.55. The van der Waals surface area contributed by atoms with E-state index in [0.717, 1.165) is 23.2 Å². The third kappa shape index (κ3) is 3.14. The van der Waals surface area contributed by atoms with Crippen LogP contribution in [0.5, 0.6) is 0 Å². The molecule has 1 aromatic rings. The van der Waals surface area contributed by atoms with Gasteiger partial charge in [-0.15, -0.1) is 0 Å². The Morgan fingerprint density at radius 1 is 1.33 bits per heavy atom. The standard InChI is InChI=1S/C15H20BrNO/c1-10-4-3-5-11(2)14(10)15(18)17-9-12-6-7-13(16)8-12/h3-5,12-13H,6-9H2,1-2H3,(H,17,18). The van der Waals surface area contributed by atoms with Crippen LogP contribution >= 0.6 is 15.9 Å². The minimum Gasteiger partial charge on any atom is -0.352 e. The second-order valence-electron chi connectivity index (χ2n) is 5.25. The van der Waals surface area contributed by atoms with E-state index in [4.69, 9.17) is 0 Å². The number of halogens is 1. The Kier molecular flexibility index (Phi) is 4.44. The fourth-order valence-electron chi connectivity index (χ4n) is 2.70. The molecule has 2 atom stereocenters. The number of aryl methyl sites for hydroxylation is 2. The van der Waals surface area contributed by atoms with Crippen molar-refractivity contribution in [2.75, 3.05) is 6.54 Å². The summed E-state index contributed by atoms with van der Waals surface area (Å²) in [5.41, 5.74) is 2.94. The van der Waals surface area contributed by atoms with E-state index in [2.05, 4.69) is 21.2 Å². The minimum absolute atomic E-state index is 0.0728. The Morgan fingerprint density at radius 2 is 2.00 bits per heavy atom. The van der Waals surface area contributed by atoms with E-state index < -0.39 is 0 Å².